The minimum Gasteiger partial charge on any atom is -0.449 e. The van der Waals surface area contributed by atoms with Crippen molar-refractivity contribution in [2.75, 3.05) is 24.7 Å². The van der Waals surface area contributed by atoms with Crippen molar-refractivity contribution in [3.8, 4) is 0 Å². The highest BCUT2D eigenvalue weighted by Gasteiger charge is 2.41. The van der Waals surface area contributed by atoms with Gasteiger partial charge in [0.05, 0.1) is 22.6 Å². The second-order valence-electron chi connectivity index (χ2n) is 10.7. The van der Waals surface area contributed by atoms with Crippen molar-refractivity contribution in [3.63, 3.8) is 0 Å². The first kappa shape index (κ1) is 26.8. The van der Waals surface area contributed by atoms with Crippen molar-refractivity contribution < 1.29 is 8.94 Å². The van der Waals surface area contributed by atoms with E-state index in [1.54, 1.807) is 23.6 Å². The summed E-state index contributed by atoms with van der Waals surface area (Å²) in [4.78, 5) is 25.5. The Kier molecular flexibility index (Phi) is 8.63. The molecule has 1 fully saturated rings. The van der Waals surface area contributed by atoms with Crippen LogP contribution < -0.4 is 0 Å². The van der Waals surface area contributed by atoms with Crippen LogP contribution in [-0.4, -0.2) is 59.8 Å². The Morgan fingerprint density at radius 3 is 2.55 bits per heavy atom. The predicted molar refractivity (Wildman–Crippen MR) is 158 cm³/mol. The van der Waals surface area contributed by atoms with Gasteiger partial charge >= 0.3 is 0 Å². The van der Waals surface area contributed by atoms with Crippen LogP contribution in [0.2, 0.25) is 0 Å². The predicted octanol–water partition coefficient (Wildman–Crippen LogP) is 6.03. The van der Waals surface area contributed by atoms with Crippen molar-refractivity contribution in [3.05, 3.63) is 89.2 Å². The molecule has 2 N–H and O–H groups in total. The topological polar surface area (TPSA) is 112 Å². The zero-order valence-corrected chi connectivity index (χ0v) is 23.9. The standard InChI is InChI=1S/C30H39N7O2S/c1-2-18-37(19-3-1)23-40(22-13-24-5-4-14-31-24)27(8-9-28-32-15-16-33-28)26(7-10-29-34-17-21-38-29)35-30(40)11-6-25-12-20-39-36-25/h4-5,12,14-17,20-21,31H,1-3,6-11,13,18-19,22-23H2,(H,32,33). The number of aromatic nitrogens is 5. The fraction of sp³-hybridized carbons (Fsp3) is 0.467. The van der Waals surface area contributed by atoms with E-state index < -0.39 is 10.0 Å². The van der Waals surface area contributed by atoms with E-state index in [1.807, 2.05) is 24.7 Å². The Hall–Kier alpha value is -3.37. The van der Waals surface area contributed by atoms with Gasteiger partial charge in [-0.25, -0.2) is 9.97 Å². The van der Waals surface area contributed by atoms with Gasteiger partial charge < -0.3 is 18.9 Å². The van der Waals surface area contributed by atoms with Crippen molar-refractivity contribution in [1.82, 2.24) is 30.0 Å². The Morgan fingerprint density at radius 1 is 0.850 bits per heavy atom. The summed E-state index contributed by atoms with van der Waals surface area (Å²) in [6.45, 7) is 2.34. The van der Waals surface area contributed by atoms with E-state index >= 15 is 0 Å². The van der Waals surface area contributed by atoms with Crippen LogP contribution in [-0.2, 0) is 25.7 Å². The average Bonchev–Trinajstić information content (AvgIpc) is 3.82. The number of aryl methyl sites for hydroxylation is 4. The van der Waals surface area contributed by atoms with Crippen LogP contribution in [0.5, 0.6) is 0 Å². The van der Waals surface area contributed by atoms with Crippen LogP contribution in [0.25, 0.3) is 0 Å². The first-order valence-corrected chi connectivity index (χ1v) is 16.4. The van der Waals surface area contributed by atoms with Crippen LogP contribution >= 0.6 is 10.0 Å². The molecule has 0 radical (unpaired) electrons. The molecule has 40 heavy (non-hydrogen) atoms. The smallest absolute Gasteiger partial charge is 0.194 e. The number of piperidine rings is 1. The second-order valence-corrected chi connectivity index (χ2v) is 14.1. The first-order valence-electron chi connectivity index (χ1n) is 14.5. The zero-order chi connectivity index (χ0) is 27.0. The van der Waals surface area contributed by atoms with E-state index in [1.165, 1.54) is 48.8 Å². The molecule has 0 saturated carbocycles. The van der Waals surface area contributed by atoms with Crippen LogP contribution in [0, 0.1) is 0 Å². The summed E-state index contributed by atoms with van der Waals surface area (Å²) in [6.07, 6.45) is 20.9. The first-order chi connectivity index (χ1) is 19.8. The van der Waals surface area contributed by atoms with Crippen molar-refractivity contribution >= 4 is 15.1 Å². The number of hydrogen-bond acceptors (Lipinski definition) is 7. The molecule has 10 heteroatoms. The molecule has 4 aromatic heterocycles. The third kappa shape index (κ3) is 6.33. The molecule has 6 rings (SSSR count). The zero-order valence-electron chi connectivity index (χ0n) is 23.1. The lowest BCUT2D eigenvalue weighted by Gasteiger charge is -2.45. The highest BCUT2D eigenvalue weighted by molar-refractivity contribution is 8.48. The third-order valence-electron chi connectivity index (χ3n) is 8.03. The minimum atomic E-state index is -1.38. The lowest BCUT2D eigenvalue weighted by molar-refractivity contribution is 0.265. The summed E-state index contributed by atoms with van der Waals surface area (Å²) in [5.41, 5.74) is 3.52. The van der Waals surface area contributed by atoms with E-state index in [9.17, 15) is 0 Å². The molecule has 1 atom stereocenters. The van der Waals surface area contributed by atoms with Gasteiger partial charge in [-0.05, 0) is 74.4 Å². The molecule has 1 unspecified atom stereocenters. The molecular formula is C30H39N7O2S. The SMILES string of the molecule is c1c[nH]c(CCS2(CN3CCCCC3)C(CCc3ccon3)=NC(CCc3ncco3)=C2CCc2ncc[nH]2)c1. The summed E-state index contributed by atoms with van der Waals surface area (Å²) in [5.74, 6) is 3.98. The Labute approximate surface area is 236 Å². The molecule has 9 nitrogen and oxygen atoms in total. The highest BCUT2D eigenvalue weighted by Crippen LogP contribution is 2.64. The lowest BCUT2D eigenvalue weighted by atomic mass is 10.1. The number of nitrogens with one attached hydrogen (secondary N) is 2. The average molecular weight is 562 g/mol. The second kappa shape index (κ2) is 12.9. The van der Waals surface area contributed by atoms with Crippen LogP contribution in [0.3, 0.4) is 0 Å². The van der Waals surface area contributed by atoms with Crippen molar-refractivity contribution in [2.24, 2.45) is 4.99 Å². The fourth-order valence-corrected chi connectivity index (χ4v) is 10.5. The van der Waals surface area contributed by atoms with Gasteiger partial charge in [-0.2, -0.15) is 10.0 Å². The molecule has 1 saturated heterocycles. The lowest BCUT2D eigenvalue weighted by Crippen LogP contribution is -2.36. The maximum atomic E-state index is 5.62. The van der Waals surface area contributed by atoms with E-state index in [0.29, 0.717) is 0 Å². The molecule has 4 aromatic rings. The number of nitrogens with zero attached hydrogens (tertiary/aromatic N) is 5. The highest BCUT2D eigenvalue weighted by atomic mass is 32.3. The van der Waals surface area contributed by atoms with Crippen LogP contribution in [0.15, 0.2) is 80.0 Å². The summed E-state index contributed by atoms with van der Waals surface area (Å²) in [6, 6.07) is 6.29. The molecule has 0 spiro atoms. The Morgan fingerprint density at radius 2 is 1.80 bits per heavy atom. The van der Waals surface area contributed by atoms with Gasteiger partial charge in [0.15, 0.2) is 5.89 Å². The molecular weight excluding hydrogens is 522 g/mol. The van der Waals surface area contributed by atoms with E-state index in [4.69, 9.17) is 13.9 Å². The normalized spacial score (nSPS) is 21.6. The van der Waals surface area contributed by atoms with Gasteiger partial charge in [-0.15, -0.1) is 0 Å². The van der Waals surface area contributed by atoms with Crippen molar-refractivity contribution in [1.29, 1.82) is 0 Å². The maximum Gasteiger partial charge on any atom is 0.194 e. The number of oxazole rings is 1. The fourth-order valence-electron chi connectivity index (χ4n) is 5.99. The molecule has 0 bridgehead atoms. The van der Waals surface area contributed by atoms with Gasteiger partial charge in [-0.3, -0.25) is 9.89 Å². The number of imidazole rings is 1. The maximum absolute atomic E-state index is 5.62. The number of aromatic amines is 2. The number of likely N-dealkylation sites (tertiary alicyclic amines) is 1. The van der Waals surface area contributed by atoms with Gasteiger partial charge in [0, 0.05) is 55.5 Å². The number of rotatable bonds is 14. The molecule has 0 amide bonds. The Bertz CT molecular complexity index is 1360. The Balaban J connectivity index is 1.37. The van der Waals surface area contributed by atoms with E-state index in [-0.39, 0.29) is 0 Å². The molecule has 2 aliphatic heterocycles. The molecule has 2 aliphatic rings. The summed E-state index contributed by atoms with van der Waals surface area (Å²) < 4.78 is 10.8. The largest absolute Gasteiger partial charge is 0.449 e. The van der Waals surface area contributed by atoms with E-state index in [0.717, 1.165) is 74.0 Å². The van der Waals surface area contributed by atoms with Gasteiger partial charge in [-0.1, -0.05) is 11.6 Å². The summed E-state index contributed by atoms with van der Waals surface area (Å²) in [5, 5.41) is 5.59. The van der Waals surface area contributed by atoms with Crippen molar-refractivity contribution in [2.45, 2.75) is 64.2 Å². The van der Waals surface area contributed by atoms with Gasteiger partial charge in [0.1, 0.15) is 18.4 Å². The molecule has 6 heterocycles. The molecule has 0 aromatic carbocycles. The summed E-state index contributed by atoms with van der Waals surface area (Å²) >= 11 is 0. The molecule has 212 valence electrons. The quantitative estimate of drug-likeness (QED) is 0.195. The summed E-state index contributed by atoms with van der Waals surface area (Å²) in [7, 11) is -1.38. The van der Waals surface area contributed by atoms with Crippen LogP contribution in [0.4, 0.5) is 0 Å². The van der Waals surface area contributed by atoms with E-state index in [2.05, 4.69) is 42.1 Å². The molecule has 0 aliphatic carbocycles. The van der Waals surface area contributed by atoms with Gasteiger partial charge in [0.2, 0.25) is 0 Å². The van der Waals surface area contributed by atoms with Gasteiger partial charge in [0.25, 0.3) is 0 Å². The monoisotopic (exact) mass is 561 g/mol. The van der Waals surface area contributed by atoms with Crippen LogP contribution in [0.1, 0.15) is 61.6 Å². The number of aliphatic imine (C=N–C) groups is 1. The number of hydrogen-bond donors (Lipinski definition) is 2. The number of H-pyrrole nitrogens is 2. The minimum absolute atomic E-state index is 0.752. The third-order valence-corrected chi connectivity index (χ3v) is 12.3. The number of allylic oxidation sites excluding steroid dienone is 2.